The Morgan fingerprint density at radius 3 is 2.56 bits per heavy atom. The normalized spacial score (nSPS) is 16.6. The SMILES string of the molecule is Cc1cc(CNCCCN2CCCC2)c(C)n1C. The highest BCUT2D eigenvalue weighted by atomic mass is 15.1. The van der Waals surface area contributed by atoms with Crippen LogP contribution in [0.3, 0.4) is 0 Å². The first-order valence-corrected chi connectivity index (χ1v) is 7.23. The van der Waals surface area contributed by atoms with Gasteiger partial charge >= 0.3 is 0 Å². The topological polar surface area (TPSA) is 20.2 Å². The van der Waals surface area contributed by atoms with Crippen LogP contribution in [-0.2, 0) is 13.6 Å². The van der Waals surface area contributed by atoms with E-state index in [-0.39, 0.29) is 0 Å². The molecule has 3 heteroatoms. The first-order valence-electron chi connectivity index (χ1n) is 7.23. The molecular formula is C15H27N3. The molecule has 0 aromatic carbocycles. The fraction of sp³-hybridized carbons (Fsp3) is 0.733. The Kier molecular flexibility index (Phi) is 4.84. The molecule has 1 aromatic heterocycles. The van der Waals surface area contributed by atoms with Gasteiger partial charge in [-0.25, -0.2) is 0 Å². The molecule has 18 heavy (non-hydrogen) atoms. The molecule has 1 aliphatic rings. The summed E-state index contributed by atoms with van der Waals surface area (Å²) in [5.41, 5.74) is 4.18. The zero-order chi connectivity index (χ0) is 13.0. The van der Waals surface area contributed by atoms with E-state index < -0.39 is 0 Å². The maximum Gasteiger partial charge on any atom is 0.0223 e. The van der Waals surface area contributed by atoms with E-state index >= 15 is 0 Å². The largest absolute Gasteiger partial charge is 0.352 e. The Morgan fingerprint density at radius 2 is 1.94 bits per heavy atom. The van der Waals surface area contributed by atoms with Gasteiger partial charge in [0.15, 0.2) is 0 Å². The minimum atomic E-state index is 1.01. The summed E-state index contributed by atoms with van der Waals surface area (Å²) >= 11 is 0. The van der Waals surface area contributed by atoms with Crippen molar-refractivity contribution in [2.45, 2.75) is 39.7 Å². The van der Waals surface area contributed by atoms with Gasteiger partial charge < -0.3 is 14.8 Å². The Balaban J connectivity index is 1.64. The first-order chi connectivity index (χ1) is 8.68. The molecule has 0 amide bonds. The molecular weight excluding hydrogens is 222 g/mol. The zero-order valence-corrected chi connectivity index (χ0v) is 12.1. The van der Waals surface area contributed by atoms with E-state index in [0.717, 1.165) is 13.1 Å². The van der Waals surface area contributed by atoms with Crippen LogP contribution >= 0.6 is 0 Å². The number of hydrogen-bond donors (Lipinski definition) is 1. The number of aromatic nitrogens is 1. The van der Waals surface area contributed by atoms with Crippen molar-refractivity contribution in [3.05, 3.63) is 23.0 Å². The molecule has 1 N–H and O–H groups in total. The molecule has 2 rings (SSSR count). The van der Waals surface area contributed by atoms with Crippen molar-refractivity contribution in [1.29, 1.82) is 0 Å². The van der Waals surface area contributed by atoms with Gasteiger partial charge in [-0.2, -0.15) is 0 Å². The summed E-state index contributed by atoms with van der Waals surface area (Å²) in [5, 5.41) is 3.57. The molecule has 0 aliphatic carbocycles. The summed E-state index contributed by atoms with van der Waals surface area (Å²) in [6, 6.07) is 2.29. The molecule has 0 unspecified atom stereocenters. The summed E-state index contributed by atoms with van der Waals surface area (Å²) in [5.74, 6) is 0. The van der Waals surface area contributed by atoms with Crippen molar-refractivity contribution < 1.29 is 0 Å². The van der Waals surface area contributed by atoms with Gasteiger partial charge in [-0.1, -0.05) is 0 Å². The Morgan fingerprint density at radius 1 is 1.22 bits per heavy atom. The molecule has 1 aromatic rings. The summed E-state index contributed by atoms with van der Waals surface area (Å²) in [7, 11) is 2.14. The van der Waals surface area contributed by atoms with Crippen molar-refractivity contribution in [3.63, 3.8) is 0 Å². The highest BCUT2D eigenvalue weighted by molar-refractivity contribution is 5.26. The van der Waals surface area contributed by atoms with Gasteiger partial charge in [0.25, 0.3) is 0 Å². The van der Waals surface area contributed by atoms with Gasteiger partial charge in [0.05, 0.1) is 0 Å². The third kappa shape index (κ3) is 3.36. The molecule has 0 spiro atoms. The standard InChI is InChI=1S/C15H27N3/c1-13-11-15(14(2)17(13)3)12-16-7-6-10-18-8-4-5-9-18/h11,16H,4-10,12H2,1-3H3. The summed E-state index contributed by atoms with van der Waals surface area (Å²) in [4.78, 5) is 2.58. The number of aryl methyl sites for hydroxylation is 1. The van der Waals surface area contributed by atoms with Crippen LogP contribution < -0.4 is 5.32 Å². The van der Waals surface area contributed by atoms with Crippen LogP contribution in [0.5, 0.6) is 0 Å². The van der Waals surface area contributed by atoms with Gasteiger partial charge in [0.1, 0.15) is 0 Å². The van der Waals surface area contributed by atoms with Crippen molar-refractivity contribution in [2.75, 3.05) is 26.2 Å². The molecule has 1 aliphatic heterocycles. The van der Waals surface area contributed by atoms with Crippen LogP contribution in [0, 0.1) is 13.8 Å². The lowest BCUT2D eigenvalue weighted by atomic mass is 10.2. The molecule has 1 fully saturated rings. The molecule has 0 atom stereocenters. The molecule has 0 radical (unpaired) electrons. The Labute approximate surface area is 111 Å². The lowest BCUT2D eigenvalue weighted by Gasteiger charge is -2.14. The second-order valence-electron chi connectivity index (χ2n) is 5.53. The average molecular weight is 249 g/mol. The van der Waals surface area contributed by atoms with Crippen LogP contribution in [-0.4, -0.2) is 35.6 Å². The van der Waals surface area contributed by atoms with Crippen LogP contribution in [0.2, 0.25) is 0 Å². The van der Waals surface area contributed by atoms with E-state index in [9.17, 15) is 0 Å². The fourth-order valence-electron chi connectivity index (χ4n) is 2.77. The zero-order valence-electron chi connectivity index (χ0n) is 12.1. The smallest absolute Gasteiger partial charge is 0.0223 e. The van der Waals surface area contributed by atoms with Crippen LogP contribution in [0.1, 0.15) is 36.2 Å². The minimum absolute atomic E-state index is 1.01. The predicted molar refractivity (Wildman–Crippen MR) is 76.9 cm³/mol. The fourth-order valence-corrected chi connectivity index (χ4v) is 2.77. The highest BCUT2D eigenvalue weighted by Crippen LogP contribution is 2.12. The minimum Gasteiger partial charge on any atom is -0.352 e. The van der Waals surface area contributed by atoms with E-state index in [1.165, 1.54) is 55.8 Å². The third-order valence-electron chi connectivity index (χ3n) is 4.22. The maximum absolute atomic E-state index is 3.57. The average Bonchev–Trinajstić information content (AvgIpc) is 2.95. The van der Waals surface area contributed by atoms with Crippen molar-refractivity contribution in [3.8, 4) is 0 Å². The van der Waals surface area contributed by atoms with Gasteiger partial charge in [-0.05, 0) is 70.9 Å². The predicted octanol–water partition coefficient (Wildman–Crippen LogP) is 2.22. The summed E-state index contributed by atoms with van der Waals surface area (Å²) in [6.45, 7) is 10.4. The van der Waals surface area contributed by atoms with Crippen LogP contribution in [0.15, 0.2) is 6.07 Å². The number of rotatable bonds is 6. The third-order valence-corrected chi connectivity index (χ3v) is 4.22. The summed E-state index contributed by atoms with van der Waals surface area (Å²) < 4.78 is 2.27. The van der Waals surface area contributed by atoms with Gasteiger partial charge in [-0.15, -0.1) is 0 Å². The Bertz CT molecular complexity index is 375. The number of nitrogens with one attached hydrogen (secondary N) is 1. The molecule has 102 valence electrons. The Hall–Kier alpha value is -0.800. The van der Waals surface area contributed by atoms with Crippen molar-refractivity contribution in [1.82, 2.24) is 14.8 Å². The molecule has 3 nitrogen and oxygen atoms in total. The van der Waals surface area contributed by atoms with Crippen molar-refractivity contribution >= 4 is 0 Å². The monoisotopic (exact) mass is 249 g/mol. The van der Waals surface area contributed by atoms with Crippen molar-refractivity contribution in [2.24, 2.45) is 7.05 Å². The summed E-state index contributed by atoms with van der Waals surface area (Å²) in [6.07, 6.45) is 4.07. The van der Waals surface area contributed by atoms with Gasteiger partial charge in [0, 0.05) is 25.0 Å². The lowest BCUT2D eigenvalue weighted by Crippen LogP contribution is -2.24. The molecule has 2 heterocycles. The van der Waals surface area contributed by atoms with E-state index in [4.69, 9.17) is 0 Å². The van der Waals surface area contributed by atoms with Gasteiger partial charge in [0.2, 0.25) is 0 Å². The second-order valence-corrected chi connectivity index (χ2v) is 5.53. The molecule has 0 bridgehead atoms. The number of nitrogens with zero attached hydrogens (tertiary/aromatic N) is 2. The number of hydrogen-bond acceptors (Lipinski definition) is 2. The van der Waals surface area contributed by atoms with E-state index in [1.807, 2.05) is 0 Å². The molecule has 0 saturated carbocycles. The highest BCUT2D eigenvalue weighted by Gasteiger charge is 2.10. The second kappa shape index (κ2) is 6.39. The first kappa shape index (κ1) is 13.6. The van der Waals surface area contributed by atoms with Gasteiger partial charge in [-0.3, -0.25) is 0 Å². The van der Waals surface area contributed by atoms with E-state index in [1.54, 1.807) is 0 Å². The van der Waals surface area contributed by atoms with Crippen LogP contribution in [0.25, 0.3) is 0 Å². The van der Waals surface area contributed by atoms with Crippen LogP contribution in [0.4, 0.5) is 0 Å². The quantitative estimate of drug-likeness (QED) is 0.780. The number of likely N-dealkylation sites (tertiary alicyclic amines) is 1. The lowest BCUT2D eigenvalue weighted by molar-refractivity contribution is 0.331. The van der Waals surface area contributed by atoms with E-state index in [2.05, 4.69) is 41.7 Å². The van der Waals surface area contributed by atoms with E-state index in [0.29, 0.717) is 0 Å². The molecule has 1 saturated heterocycles. The maximum atomic E-state index is 3.57.